The summed E-state index contributed by atoms with van der Waals surface area (Å²) in [5, 5.41) is 9.20. The molecule has 16 heavy (non-hydrogen) atoms. The topological polar surface area (TPSA) is 49.2 Å². The standard InChI is InChI=1S/C12H19N3O/c1-2-11-6-12(14-9-13-11)15-5-3-4-10(7-15)8-16/h6,9-10,16H,2-5,7-8H2,1H3. The monoisotopic (exact) mass is 221 g/mol. The van der Waals surface area contributed by atoms with E-state index in [1.165, 1.54) is 0 Å². The van der Waals surface area contributed by atoms with Crippen LogP contribution in [-0.4, -0.2) is 34.8 Å². The Morgan fingerprint density at radius 2 is 2.38 bits per heavy atom. The first-order valence-corrected chi connectivity index (χ1v) is 6.00. The molecule has 0 spiro atoms. The average Bonchev–Trinajstić information content (AvgIpc) is 2.39. The largest absolute Gasteiger partial charge is 0.396 e. The van der Waals surface area contributed by atoms with Gasteiger partial charge in [0, 0.05) is 31.5 Å². The minimum absolute atomic E-state index is 0.280. The Labute approximate surface area is 96.3 Å². The summed E-state index contributed by atoms with van der Waals surface area (Å²) in [6, 6.07) is 2.06. The van der Waals surface area contributed by atoms with Crippen LogP contribution in [0.25, 0.3) is 0 Å². The molecule has 0 bridgehead atoms. The van der Waals surface area contributed by atoms with Crippen LogP contribution in [0.5, 0.6) is 0 Å². The minimum atomic E-state index is 0.280. The van der Waals surface area contributed by atoms with Gasteiger partial charge < -0.3 is 10.0 Å². The Hall–Kier alpha value is -1.16. The first kappa shape index (κ1) is 11.3. The lowest BCUT2D eigenvalue weighted by atomic mass is 9.99. The minimum Gasteiger partial charge on any atom is -0.396 e. The van der Waals surface area contributed by atoms with Crippen LogP contribution in [0.15, 0.2) is 12.4 Å². The van der Waals surface area contributed by atoms with Gasteiger partial charge >= 0.3 is 0 Å². The van der Waals surface area contributed by atoms with Crippen molar-refractivity contribution in [3.05, 3.63) is 18.1 Å². The molecule has 2 heterocycles. The van der Waals surface area contributed by atoms with Crippen molar-refractivity contribution in [1.82, 2.24) is 9.97 Å². The van der Waals surface area contributed by atoms with Crippen molar-refractivity contribution >= 4 is 5.82 Å². The lowest BCUT2D eigenvalue weighted by molar-refractivity contribution is 0.208. The van der Waals surface area contributed by atoms with E-state index >= 15 is 0 Å². The second-order valence-electron chi connectivity index (χ2n) is 4.36. The van der Waals surface area contributed by atoms with Gasteiger partial charge in [-0.2, -0.15) is 0 Å². The number of hydrogen-bond donors (Lipinski definition) is 1. The smallest absolute Gasteiger partial charge is 0.132 e. The number of piperidine rings is 1. The molecule has 2 rings (SSSR count). The molecule has 88 valence electrons. The number of anilines is 1. The molecule has 1 aliphatic rings. The van der Waals surface area contributed by atoms with Gasteiger partial charge in [0.2, 0.25) is 0 Å². The Morgan fingerprint density at radius 3 is 3.12 bits per heavy atom. The van der Waals surface area contributed by atoms with E-state index in [2.05, 4.69) is 27.9 Å². The molecule has 1 fully saturated rings. The molecule has 0 aliphatic carbocycles. The summed E-state index contributed by atoms with van der Waals surface area (Å²) in [6.45, 7) is 4.33. The predicted molar refractivity (Wildman–Crippen MR) is 63.4 cm³/mol. The number of nitrogens with zero attached hydrogens (tertiary/aromatic N) is 3. The zero-order chi connectivity index (χ0) is 11.4. The lowest BCUT2D eigenvalue weighted by Gasteiger charge is -2.32. The summed E-state index contributed by atoms with van der Waals surface area (Å²) in [4.78, 5) is 10.8. The molecule has 1 aromatic heterocycles. The molecule has 0 saturated carbocycles. The van der Waals surface area contributed by atoms with E-state index in [1.54, 1.807) is 6.33 Å². The molecule has 4 nitrogen and oxygen atoms in total. The van der Waals surface area contributed by atoms with E-state index in [9.17, 15) is 5.11 Å². The summed E-state index contributed by atoms with van der Waals surface area (Å²) in [5.41, 5.74) is 1.08. The lowest BCUT2D eigenvalue weighted by Crippen LogP contribution is -2.37. The van der Waals surface area contributed by atoms with Crippen molar-refractivity contribution in [3.63, 3.8) is 0 Å². The Balaban J connectivity index is 2.10. The van der Waals surface area contributed by atoms with E-state index in [0.717, 1.165) is 43.9 Å². The third-order valence-electron chi connectivity index (χ3n) is 3.17. The third-order valence-corrected chi connectivity index (χ3v) is 3.17. The maximum Gasteiger partial charge on any atom is 0.132 e. The number of aromatic nitrogens is 2. The van der Waals surface area contributed by atoms with E-state index in [4.69, 9.17) is 0 Å². The van der Waals surface area contributed by atoms with Crippen molar-refractivity contribution in [1.29, 1.82) is 0 Å². The van der Waals surface area contributed by atoms with Crippen molar-refractivity contribution < 1.29 is 5.11 Å². The van der Waals surface area contributed by atoms with Crippen LogP contribution >= 0.6 is 0 Å². The maximum atomic E-state index is 9.20. The number of aryl methyl sites for hydroxylation is 1. The zero-order valence-electron chi connectivity index (χ0n) is 9.76. The fraction of sp³-hybridized carbons (Fsp3) is 0.667. The molecule has 1 aliphatic heterocycles. The van der Waals surface area contributed by atoms with Crippen LogP contribution in [0.3, 0.4) is 0 Å². The van der Waals surface area contributed by atoms with Gasteiger partial charge in [0.15, 0.2) is 0 Å². The Morgan fingerprint density at radius 1 is 1.50 bits per heavy atom. The van der Waals surface area contributed by atoms with Crippen LogP contribution in [0.4, 0.5) is 5.82 Å². The summed E-state index contributed by atoms with van der Waals surface area (Å²) in [6.07, 6.45) is 4.83. The van der Waals surface area contributed by atoms with Crippen LogP contribution in [0.2, 0.25) is 0 Å². The SMILES string of the molecule is CCc1cc(N2CCCC(CO)C2)ncn1. The highest BCUT2D eigenvalue weighted by atomic mass is 16.3. The molecule has 1 unspecified atom stereocenters. The Bertz CT molecular complexity index is 343. The highest BCUT2D eigenvalue weighted by Gasteiger charge is 2.20. The van der Waals surface area contributed by atoms with Crippen molar-refractivity contribution in [3.8, 4) is 0 Å². The first-order chi connectivity index (χ1) is 7.83. The van der Waals surface area contributed by atoms with Crippen LogP contribution in [0, 0.1) is 5.92 Å². The van der Waals surface area contributed by atoms with Crippen molar-refractivity contribution in [2.24, 2.45) is 5.92 Å². The molecule has 1 atom stereocenters. The van der Waals surface area contributed by atoms with Crippen LogP contribution in [0.1, 0.15) is 25.5 Å². The van der Waals surface area contributed by atoms with Gasteiger partial charge in [0.05, 0.1) is 0 Å². The maximum absolute atomic E-state index is 9.20. The molecule has 0 radical (unpaired) electrons. The van der Waals surface area contributed by atoms with Crippen molar-refractivity contribution in [2.45, 2.75) is 26.2 Å². The van der Waals surface area contributed by atoms with Crippen LogP contribution in [-0.2, 0) is 6.42 Å². The molecule has 1 saturated heterocycles. The molecule has 0 amide bonds. The molecule has 0 aromatic carbocycles. The van der Waals surface area contributed by atoms with Gasteiger partial charge in [-0.1, -0.05) is 6.92 Å². The number of hydrogen-bond acceptors (Lipinski definition) is 4. The molecule has 4 heteroatoms. The highest BCUT2D eigenvalue weighted by molar-refractivity contribution is 5.39. The number of aliphatic hydroxyl groups excluding tert-OH is 1. The Kier molecular flexibility index (Phi) is 3.72. The fourth-order valence-corrected chi connectivity index (χ4v) is 2.17. The zero-order valence-corrected chi connectivity index (χ0v) is 9.76. The summed E-state index contributed by atoms with van der Waals surface area (Å²) in [5.74, 6) is 1.40. The van der Waals surface area contributed by atoms with Crippen molar-refractivity contribution in [2.75, 3.05) is 24.6 Å². The number of aliphatic hydroxyl groups is 1. The van der Waals surface area contributed by atoms with Gasteiger partial charge in [-0.15, -0.1) is 0 Å². The van der Waals surface area contributed by atoms with Crippen LogP contribution < -0.4 is 4.90 Å². The molecule has 1 aromatic rings. The predicted octanol–water partition coefficient (Wildman–Crippen LogP) is 1.25. The van der Waals surface area contributed by atoms with Gasteiger partial charge in [-0.25, -0.2) is 9.97 Å². The van der Waals surface area contributed by atoms with Gasteiger partial charge in [-0.05, 0) is 25.2 Å². The average molecular weight is 221 g/mol. The van der Waals surface area contributed by atoms with Gasteiger partial charge in [0.1, 0.15) is 12.1 Å². The second-order valence-corrected chi connectivity index (χ2v) is 4.36. The first-order valence-electron chi connectivity index (χ1n) is 6.00. The van der Waals surface area contributed by atoms with E-state index in [0.29, 0.717) is 5.92 Å². The highest BCUT2D eigenvalue weighted by Crippen LogP contribution is 2.21. The van der Waals surface area contributed by atoms with E-state index in [-0.39, 0.29) is 6.61 Å². The van der Waals surface area contributed by atoms with E-state index in [1.807, 2.05) is 0 Å². The summed E-state index contributed by atoms with van der Waals surface area (Å²) in [7, 11) is 0. The quantitative estimate of drug-likeness (QED) is 0.834. The summed E-state index contributed by atoms with van der Waals surface area (Å²) >= 11 is 0. The van der Waals surface area contributed by atoms with Gasteiger partial charge in [0.25, 0.3) is 0 Å². The molecule has 1 N–H and O–H groups in total. The fourth-order valence-electron chi connectivity index (χ4n) is 2.17. The summed E-state index contributed by atoms with van der Waals surface area (Å²) < 4.78 is 0. The molecular formula is C12H19N3O. The third kappa shape index (κ3) is 2.50. The normalized spacial score (nSPS) is 21.1. The molecular weight excluding hydrogens is 202 g/mol. The number of rotatable bonds is 3. The van der Waals surface area contributed by atoms with Gasteiger partial charge in [-0.3, -0.25) is 0 Å². The van der Waals surface area contributed by atoms with E-state index < -0.39 is 0 Å². The second kappa shape index (κ2) is 5.25.